The highest BCUT2D eigenvalue weighted by Crippen LogP contribution is 2.22. The molecule has 0 bridgehead atoms. The SMILES string of the molecule is Cc1cc(N)ccc1OC(C)CC(C)C. The molecule has 1 aromatic rings. The van der Waals surface area contributed by atoms with Gasteiger partial charge in [0, 0.05) is 5.69 Å². The quantitative estimate of drug-likeness (QED) is 0.768. The Morgan fingerprint density at radius 1 is 1.27 bits per heavy atom. The first-order valence-electron chi connectivity index (χ1n) is 5.52. The molecule has 2 N–H and O–H groups in total. The molecule has 0 radical (unpaired) electrons. The molecule has 0 heterocycles. The van der Waals surface area contributed by atoms with Crippen molar-refractivity contribution < 1.29 is 4.74 Å². The van der Waals surface area contributed by atoms with Gasteiger partial charge in [-0.15, -0.1) is 0 Å². The molecule has 0 saturated heterocycles. The molecular formula is C13H21NO. The summed E-state index contributed by atoms with van der Waals surface area (Å²) in [5.41, 5.74) is 7.57. The van der Waals surface area contributed by atoms with Gasteiger partial charge < -0.3 is 10.5 Å². The maximum Gasteiger partial charge on any atom is 0.122 e. The monoisotopic (exact) mass is 207 g/mol. The molecule has 0 amide bonds. The van der Waals surface area contributed by atoms with E-state index in [2.05, 4.69) is 20.8 Å². The summed E-state index contributed by atoms with van der Waals surface area (Å²) < 4.78 is 5.86. The van der Waals surface area contributed by atoms with E-state index >= 15 is 0 Å². The number of hydrogen-bond acceptors (Lipinski definition) is 2. The predicted molar refractivity (Wildman–Crippen MR) is 65.1 cm³/mol. The molecule has 1 unspecified atom stereocenters. The van der Waals surface area contributed by atoms with Crippen LogP contribution in [0.4, 0.5) is 5.69 Å². The van der Waals surface area contributed by atoms with Crippen molar-refractivity contribution in [3.05, 3.63) is 23.8 Å². The van der Waals surface area contributed by atoms with Crippen LogP contribution in [-0.4, -0.2) is 6.10 Å². The van der Waals surface area contributed by atoms with Crippen LogP contribution in [0.15, 0.2) is 18.2 Å². The molecule has 0 spiro atoms. The first-order chi connectivity index (χ1) is 6.99. The van der Waals surface area contributed by atoms with Crippen molar-refractivity contribution in [2.24, 2.45) is 5.92 Å². The van der Waals surface area contributed by atoms with Crippen LogP contribution in [0.1, 0.15) is 32.8 Å². The largest absolute Gasteiger partial charge is 0.490 e. The zero-order chi connectivity index (χ0) is 11.4. The van der Waals surface area contributed by atoms with Crippen LogP contribution in [0.25, 0.3) is 0 Å². The van der Waals surface area contributed by atoms with E-state index in [4.69, 9.17) is 10.5 Å². The standard InChI is InChI=1S/C13H21NO/c1-9(2)7-11(4)15-13-6-5-12(14)8-10(13)3/h5-6,8-9,11H,7,14H2,1-4H3. The Hall–Kier alpha value is -1.18. The van der Waals surface area contributed by atoms with Crippen LogP contribution in [0.2, 0.25) is 0 Å². The van der Waals surface area contributed by atoms with Gasteiger partial charge in [0.25, 0.3) is 0 Å². The summed E-state index contributed by atoms with van der Waals surface area (Å²) >= 11 is 0. The second-order valence-corrected chi connectivity index (χ2v) is 4.58. The lowest BCUT2D eigenvalue weighted by Crippen LogP contribution is -2.15. The van der Waals surface area contributed by atoms with Gasteiger partial charge in [0.2, 0.25) is 0 Å². The smallest absolute Gasteiger partial charge is 0.122 e. The van der Waals surface area contributed by atoms with Crippen molar-refractivity contribution in [1.29, 1.82) is 0 Å². The Morgan fingerprint density at radius 2 is 1.93 bits per heavy atom. The van der Waals surface area contributed by atoms with Gasteiger partial charge in [-0.2, -0.15) is 0 Å². The Balaban J connectivity index is 2.64. The zero-order valence-electron chi connectivity index (χ0n) is 10.1. The summed E-state index contributed by atoms with van der Waals surface area (Å²) in [5, 5.41) is 0. The fourth-order valence-electron chi connectivity index (χ4n) is 1.73. The highest BCUT2D eigenvalue weighted by Gasteiger charge is 2.08. The zero-order valence-corrected chi connectivity index (χ0v) is 10.1. The minimum Gasteiger partial charge on any atom is -0.490 e. The molecule has 1 aromatic carbocycles. The van der Waals surface area contributed by atoms with Gasteiger partial charge in [0.05, 0.1) is 6.10 Å². The molecule has 0 aliphatic carbocycles. The Bertz CT molecular complexity index is 320. The molecule has 0 aliphatic rings. The lowest BCUT2D eigenvalue weighted by molar-refractivity contribution is 0.192. The highest BCUT2D eigenvalue weighted by atomic mass is 16.5. The average molecular weight is 207 g/mol. The van der Waals surface area contributed by atoms with Crippen LogP contribution in [0.3, 0.4) is 0 Å². The van der Waals surface area contributed by atoms with E-state index in [-0.39, 0.29) is 6.10 Å². The number of aryl methyl sites for hydroxylation is 1. The molecule has 2 nitrogen and oxygen atoms in total. The van der Waals surface area contributed by atoms with Gasteiger partial charge >= 0.3 is 0 Å². The fourth-order valence-corrected chi connectivity index (χ4v) is 1.73. The number of rotatable bonds is 4. The van der Waals surface area contributed by atoms with Crippen LogP contribution >= 0.6 is 0 Å². The van der Waals surface area contributed by atoms with Crippen molar-refractivity contribution in [3.63, 3.8) is 0 Å². The molecule has 0 aliphatic heterocycles. The number of benzene rings is 1. The van der Waals surface area contributed by atoms with E-state index in [1.807, 2.05) is 25.1 Å². The first-order valence-corrected chi connectivity index (χ1v) is 5.52. The van der Waals surface area contributed by atoms with Gasteiger partial charge in [-0.05, 0) is 49.9 Å². The second kappa shape index (κ2) is 5.06. The number of ether oxygens (including phenoxy) is 1. The van der Waals surface area contributed by atoms with Gasteiger partial charge in [0.15, 0.2) is 0 Å². The highest BCUT2D eigenvalue weighted by molar-refractivity contribution is 5.47. The number of nitrogens with two attached hydrogens (primary N) is 1. The molecule has 0 saturated carbocycles. The van der Waals surface area contributed by atoms with Crippen LogP contribution in [0, 0.1) is 12.8 Å². The lowest BCUT2D eigenvalue weighted by atomic mass is 10.1. The van der Waals surface area contributed by atoms with Crippen molar-refractivity contribution in [2.45, 2.75) is 40.2 Å². The predicted octanol–water partition coefficient (Wildman–Crippen LogP) is 3.39. The summed E-state index contributed by atoms with van der Waals surface area (Å²) in [4.78, 5) is 0. The van der Waals surface area contributed by atoms with Gasteiger partial charge in [0.1, 0.15) is 5.75 Å². The topological polar surface area (TPSA) is 35.2 Å². The van der Waals surface area contributed by atoms with Gasteiger partial charge in [-0.1, -0.05) is 13.8 Å². The van der Waals surface area contributed by atoms with Crippen molar-refractivity contribution >= 4 is 5.69 Å². The maximum atomic E-state index is 5.86. The number of hydrogen-bond donors (Lipinski definition) is 1. The van der Waals surface area contributed by atoms with E-state index < -0.39 is 0 Å². The minimum atomic E-state index is 0.257. The number of nitrogen functional groups attached to an aromatic ring is 1. The fraction of sp³-hybridized carbons (Fsp3) is 0.538. The summed E-state index contributed by atoms with van der Waals surface area (Å²) in [6.07, 6.45) is 1.33. The van der Waals surface area contributed by atoms with E-state index in [9.17, 15) is 0 Å². The molecule has 84 valence electrons. The third-order valence-corrected chi connectivity index (χ3v) is 2.33. The average Bonchev–Trinajstić information content (AvgIpc) is 2.08. The van der Waals surface area contributed by atoms with Gasteiger partial charge in [-0.3, -0.25) is 0 Å². The van der Waals surface area contributed by atoms with E-state index in [0.29, 0.717) is 5.92 Å². The third kappa shape index (κ3) is 3.82. The normalized spacial score (nSPS) is 12.9. The first kappa shape index (κ1) is 11.9. The van der Waals surface area contributed by atoms with Crippen LogP contribution in [-0.2, 0) is 0 Å². The van der Waals surface area contributed by atoms with Gasteiger partial charge in [-0.25, -0.2) is 0 Å². The Kier molecular flexibility index (Phi) is 4.01. The summed E-state index contributed by atoms with van der Waals surface area (Å²) in [7, 11) is 0. The van der Waals surface area contributed by atoms with Crippen molar-refractivity contribution in [1.82, 2.24) is 0 Å². The summed E-state index contributed by atoms with van der Waals surface area (Å²) in [6.45, 7) is 8.54. The van der Waals surface area contributed by atoms with Crippen molar-refractivity contribution in [2.75, 3.05) is 5.73 Å². The lowest BCUT2D eigenvalue weighted by Gasteiger charge is -2.18. The van der Waals surface area contributed by atoms with Crippen molar-refractivity contribution in [3.8, 4) is 5.75 Å². The second-order valence-electron chi connectivity index (χ2n) is 4.58. The number of anilines is 1. The summed E-state index contributed by atoms with van der Waals surface area (Å²) in [6, 6.07) is 5.77. The minimum absolute atomic E-state index is 0.257. The Labute approximate surface area is 92.4 Å². The molecule has 2 heteroatoms. The molecule has 1 rings (SSSR count). The third-order valence-electron chi connectivity index (χ3n) is 2.33. The maximum absolute atomic E-state index is 5.86. The van der Waals surface area contributed by atoms with E-state index in [1.54, 1.807) is 0 Å². The molecular weight excluding hydrogens is 186 g/mol. The molecule has 0 fully saturated rings. The van der Waals surface area contributed by atoms with E-state index in [0.717, 1.165) is 23.4 Å². The van der Waals surface area contributed by atoms with Crippen LogP contribution in [0.5, 0.6) is 5.75 Å². The molecule has 0 aromatic heterocycles. The molecule has 15 heavy (non-hydrogen) atoms. The summed E-state index contributed by atoms with van der Waals surface area (Å²) in [5.74, 6) is 1.60. The van der Waals surface area contributed by atoms with E-state index in [1.165, 1.54) is 0 Å². The Morgan fingerprint density at radius 3 is 2.47 bits per heavy atom. The molecule has 1 atom stereocenters. The van der Waals surface area contributed by atoms with Crippen LogP contribution < -0.4 is 10.5 Å².